The van der Waals surface area contributed by atoms with Gasteiger partial charge in [0.25, 0.3) is 0 Å². The molecule has 2 aliphatic heterocycles. The van der Waals surface area contributed by atoms with Gasteiger partial charge in [-0.25, -0.2) is 0 Å². The number of hydrogen-bond acceptors (Lipinski definition) is 4. The second-order valence-electron chi connectivity index (χ2n) is 5.87. The van der Waals surface area contributed by atoms with Crippen LogP contribution >= 0.6 is 24.4 Å². The topological polar surface area (TPSA) is 6.48 Å². The van der Waals surface area contributed by atoms with E-state index < -0.39 is 0 Å². The molecular formula is C14H24N2S4Zn. The Morgan fingerprint density at radius 1 is 0.762 bits per heavy atom. The molecule has 2 nitrogen and oxygen atoms in total. The Labute approximate surface area is 164 Å². The zero-order valence-corrected chi connectivity index (χ0v) is 19.3. The fourth-order valence-electron chi connectivity index (χ4n) is 2.38. The molecule has 0 radical (unpaired) electrons. The molecule has 0 N–H and O–H groups in total. The Morgan fingerprint density at radius 3 is 1.19 bits per heavy atom. The van der Waals surface area contributed by atoms with Gasteiger partial charge in [0, 0.05) is 26.2 Å². The largest absolute Gasteiger partial charge is 2.00 e. The normalized spacial score (nSPS) is 20.1. The van der Waals surface area contributed by atoms with Crippen LogP contribution in [-0.4, -0.2) is 44.6 Å². The Morgan fingerprint density at radius 2 is 1.00 bits per heavy atom. The fourth-order valence-corrected chi connectivity index (χ4v) is 3.11. The average molecular weight is 414 g/mol. The zero-order valence-electron chi connectivity index (χ0n) is 13.0. The number of piperidine rings is 2. The van der Waals surface area contributed by atoms with Gasteiger partial charge in [-0.1, -0.05) is 22.5 Å². The van der Waals surface area contributed by atoms with Crippen molar-refractivity contribution in [3.05, 3.63) is 0 Å². The van der Waals surface area contributed by atoms with Crippen LogP contribution in [0.25, 0.3) is 0 Å². The van der Waals surface area contributed by atoms with Crippen LogP contribution in [0.3, 0.4) is 0 Å². The maximum absolute atomic E-state index is 4.89. The summed E-state index contributed by atoms with van der Waals surface area (Å²) in [7, 11) is 0. The third-order valence-corrected chi connectivity index (χ3v) is 5.12. The summed E-state index contributed by atoms with van der Waals surface area (Å²) in [6.07, 6.45) is 4.99. The first-order valence-electron chi connectivity index (χ1n) is 7.32. The summed E-state index contributed by atoms with van der Waals surface area (Å²) in [5, 5.41) is 0. The van der Waals surface area contributed by atoms with Gasteiger partial charge in [-0.2, -0.15) is 0 Å². The molecule has 0 atom stereocenters. The van der Waals surface area contributed by atoms with Crippen LogP contribution in [0.4, 0.5) is 0 Å². The first kappa shape index (κ1) is 21.8. The summed E-state index contributed by atoms with van der Waals surface area (Å²) in [6, 6.07) is 0. The van der Waals surface area contributed by atoms with E-state index in [1.807, 2.05) is 0 Å². The molecule has 0 unspecified atom stereocenters. The molecule has 2 rings (SSSR count). The van der Waals surface area contributed by atoms with E-state index in [1.54, 1.807) is 0 Å². The standard InChI is InChI=1S/2C7H13NS2.Zn/c2*1-6-2-4-8(5-3-6)7(9)10;/h2*6H,2-5H2,1H3,(H,9,10);/q;;+2/p-2. The van der Waals surface area contributed by atoms with Gasteiger partial charge >= 0.3 is 19.5 Å². The monoisotopic (exact) mass is 412 g/mol. The van der Waals surface area contributed by atoms with E-state index in [4.69, 9.17) is 49.7 Å². The van der Waals surface area contributed by atoms with Crippen LogP contribution in [0.15, 0.2) is 0 Å². The number of hydrogen-bond donors (Lipinski definition) is 0. The van der Waals surface area contributed by atoms with Gasteiger partial charge in [-0.3, -0.25) is 0 Å². The van der Waals surface area contributed by atoms with Crippen molar-refractivity contribution in [2.75, 3.05) is 26.2 Å². The Kier molecular flexibility index (Phi) is 11.8. The van der Waals surface area contributed by atoms with Gasteiger partial charge in [-0.05, 0) is 37.5 Å². The maximum Gasteiger partial charge on any atom is 2.00 e. The minimum absolute atomic E-state index is 0. The minimum atomic E-state index is 0. The number of rotatable bonds is 0. The van der Waals surface area contributed by atoms with E-state index in [2.05, 4.69) is 23.6 Å². The van der Waals surface area contributed by atoms with E-state index in [1.165, 1.54) is 25.7 Å². The Bertz CT molecular complexity index is 293. The van der Waals surface area contributed by atoms with Crippen LogP contribution in [-0.2, 0) is 44.7 Å². The molecule has 0 spiro atoms. The second kappa shape index (κ2) is 11.4. The number of thiocarbonyl (C=S) groups is 2. The van der Waals surface area contributed by atoms with Crippen LogP contribution in [0.2, 0.25) is 0 Å². The molecule has 0 aromatic rings. The predicted molar refractivity (Wildman–Crippen MR) is 99.9 cm³/mol. The molecule has 0 saturated carbocycles. The summed E-state index contributed by atoms with van der Waals surface area (Å²) < 4.78 is 1.29. The average Bonchev–Trinajstić information content (AvgIpc) is 2.40. The van der Waals surface area contributed by atoms with Gasteiger partial charge in [0.15, 0.2) is 0 Å². The van der Waals surface area contributed by atoms with Crippen molar-refractivity contribution >= 4 is 58.3 Å². The van der Waals surface area contributed by atoms with E-state index in [-0.39, 0.29) is 19.5 Å². The molecule has 0 aromatic carbocycles. The van der Waals surface area contributed by atoms with Crippen molar-refractivity contribution < 1.29 is 19.5 Å². The van der Waals surface area contributed by atoms with E-state index in [0.717, 1.165) is 38.0 Å². The van der Waals surface area contributed by atoms with Gasteiger partial charge in [-0.15, -0.1) is 0 Å². The van der Waals surface area contributed by atoms with E-state index >= 15 is 0 Å². The summed E-state index contributed by atoms with van der Waals surface area (Å²) >= 11 is 19.6. The maximum atomic E-state index is 4.89. The van der Waals surface area contributed by atoms with Gasteiger partial charge in [0.1, 0.15) is 0 Å². The fraction of sp³-hybridized carbons (Fsp3) is 0.857. The van der Waals surface area contributed by atoms with Crippen molar-refractivity contribution in [3.8, 4) is 0 Å². The van der Waals surface area contributed by atoms with E-state index in [0.29, 0.717) is 8.64 Å². The van der Waals surface area contributed by atoms with Crippen molar-refractivity contribution in [3.63, 3.8) is 0 Å². The summed E-state index contributed by atoms with van der Waals surface area (Å²) in [5.41, 5.74) is 0. The molecule has 116 valence electrons. The molecule has 0 amide bonds. The molecule has 2 saturated heterocycles. The van der Waals surface area contributed by atoms with Crippen molar-refractivity contribution in [1.29, 1.82) is 0 Å². The molecule has 2 heterocycles. The molecular weight excluding hydrogens is 390 g/mol. The summed E-state index contributed by atoms with van der Waals surface area (Å²) in [6.45, 7) is 8.85. The van der Waals surface area contributed by atoms with Crippen molar-refractivity contribution in [1.82, 2.24) is 9.80 Å². The molecule has 0 aromatic heterocycles. The number of likely N-dealkylation sites (tertiary alicyclic amines) is 2. The molecule has 21 heavy (non-hydrogen) atoms. The third-order valence-electron chi connectivity index (χ3n) is 4.08. The molecule has 7 heteroatoms. The smallest absolute Gasteiger partial charge is 0.411 e. The number of nitrogens with zero attached hydrogens (tertiary/aromatic N) is 2. The Balaban J connectivity index is 0.000000364. The SMILES string of the molecule is CC1CCN(C(=S)[S-])CC1.CC1CCN(C(=S)[S-])CC1.[Zn+2]. The first-order valence-corrected chi connectivity index (χ1v) is 8.95. The van der Waals surface area contributed by atoms with Crippen LogP contribution in [0.5, 0.6) is 0 Å². The predicted octanol–water partition coefficient (Wildman–Crippen LogP) is 3.10. The molecule has 0 bridgehead atoms. The van der Waals surface area contributed by atoms with Crippen LogP contribution < -0.4 is 0 Å². The van der Waals surface area contributed by atoms with Crippen LogP contribution in [0, 0.1) is 11.8 Å². The quantitative estimate of drug-likeness (QED) is 0.339. The van der Waals surface area contributed by atoms with Crippen molar-refractivity contribution in [2.45, 2.75) is 39.5 Å². The molecule has 2 fully saturated rings. The summed E-state index contributed by atoms with van der Waals surface area (Å²) in [4.78, 5) is 4.23. The van der Waals surface area contributed by atoms with Crippen molar-refractivity contribution in [2.24, 2.45) is 11.8 Å². The third kappa shape index (κ3) is 8.90. The Hall–Kier alpha value is 0.843. The summed E-state index contributed by atoms with van der Waals surface area (Å²) in [5.74, 6) is 1.72. The van der Waals surface area contributed by atoms with Gasteiger partial charge < -0.3 is 59.5 Å². The van der Waals surface area contributed by atoms with E-state index in [9.17, 15) is 0 Å². The molecule has 0 aliphatic carbocycles. The second-order valence-corrected chi connectivity index (χ2v) is 7.93. The molecule has 2 aliphatic rings. The van der Waals surface area contributed by atoms with Gasteiger partial charge in [0.2, 0.25) is 0 Å². The van der Waals surface area contributed by atoms with Gasteiger partial charge in [0.05, 0.1) is 0 Å². The minimum Gasteiger partial charge on any atom is -0.411 e. The zero-order chi connectivity index (χ0) is 15.1. The van der Waals surface area contributed by atoms with Crippen LogP contribution in [0.1, 0.15) is 39.5 Å². The first-order chi connectivity index (χ1) is 9.40.